The number of esters is 1. The van der Waals surface area contributed by atoms with Gasteiger partial charge in [-0.2, -0.15) is 0 Å². The lowest BCUT2D eigenvalue weighted by molar-refractivity contribution is -0.384. The van der Waals surface area contributed by atoms with E-state index >= 15 is 0 Å². The lowest BCUT2D eigenvalue weighted by Gasteiger charge is -2.20. The van der Waals surface area contributed by atoms with E-state index in [-0.39, 0.29) is 29.7 Å². The fourth-order valence-corrected chi connectivity index (χ4v) is 4.13. The molecule has 1 amide bonds. The topological polar surface area (TPSA) is 108 Å². The molecule has 0 saturated heterocycles. The van der Waals surface area contributed by atoms with Crippen LogP contribution in [0.5, 0.6) is 5.75 Å². The largest absolute Gasteiger partial charge is 0.494 e. The molecule has 1 N–H and O–H groups in total. The van der Waals surface area contributed by atoms with Crippen molar-refractivity contribution >= 4 is 23.3 Å². The Morgan fingerprint density at radius 3 is 2.73 bits per heavy atom. The van der Waals surface area contributed by atoms with Gasteiger partial charge >= 0.3 is 5.97 Å². The highest BCUT2D eigenvalue weighted by molar-refractivity contribution is 5.94. The van der Waals surface area contributed by atoms with Gasteiger partial charge in [-0.05, 0) is 43.1 Å². The number of nitro benzene ring substituents is 1. The molecule has 2 aliphatic rings. The third-order valence-corrected chi connectivity index (χ3v) is 5.35. The average Bonchev–Trinajstić information content (AvgIpc) is 3.23. The summed E-state index contributed by atoms with van der Waals surface area (Å²) in [6.07, 6.45) is 5.15. The van der Waals surface area contributed by atoms with E-state index in [0.717, 1.165) is 12.3 Å². The predicted molar refractivity (Wildman–Crippen MR) is 92.8 cm³/mol. The summed E-state index contributed by atoms with van der Waals surface area (Å²) in [6.45, 7) is -0.389. The van der Waals surface area contributed by atoms with Crippen LogP contribution in [-0.2, 0) is 14.3 Å². The maximum absolute atomic E-state index is 12.0. The fourth-order valence-electron chi connectivity index (χ4n) is 4.13. The van der Waals surface area contributed by atoms with Crippen LogP contribution in [0.4, 0.5) is 11.4 Å². The van der Waals surface area contributed by atoms with E-state index < -0.39 is 10.8 Å². The zero-order valence-corrected chi connectivity index (χ0v) is 14.6. The van der Waals surface area contributed by atoms with Crippen molar-refractivity contribution in [1.29, 1.82) is 0 Å². The second-order valence-corrected chi connectivity index (χ2v) is 6.99. The van der Waals surface area contributed by atoms with Crippen molar-refractivity contribution < 1.29 is 24.0 Å². The van der Waals surface area contributed by atoms with Crippen LogP contribution in [0.25, 0.3) is 0 Å². The predicted octanol–water partition coefficient (Wildman–Crippen LogP) is 2.91. The first-order chi connectivity index (χ1) is 12.5. The Kier molecular flexibility index (Phi) is 5.39. The van der Waals surface area contributed by atoms with Crippen molar-refractivity contribution in [2.75, 3.05) is 19.0 Å². The van der Waals surface area contributed by atoms with Crippen LogP contribution in [0, 0.1) is 27.9 Å². The van der Waals surface area contributed by atoms with Crippen molar-refractivity contribution in [3.05, 3.63) is 28.3 Å². The van der Waals surface area contributed by atoms with Gasteiger partial charge in [0.1, 0.15) is 5.75 Å². The minimum absolute atomic E-state index is 0.142. The van der Waals surface area contributed by atoms with Crippen molar-refractivity contribution in [3.8, 4) is 5.75 Å². The molecule has 0 radical (unpaired) electrons. The molecule has 2 aliphatic carbocycles. The quantitative estimate of drug-likeness (QED) is 0.454. The number of non-ortho nitro benzene ring substituents is 1. The molecule has 0 aliphatic heterocycles. The normalized spacial score (nSPS) is 23.5. The highest BCUT2D eigenvalue weighted by Gasteiger charge is 2.40. The third-order valence-electron chi connectivity index (χ3n) is 5.35. The molecule has 0 heterocycles. The molecule has 8 heteroatoms. The number of ether oxygens (including phenoxy) is 2. The highest BCUT2D eigenvalue weighted by Crippen LogP contribution is 2.49. The molecule has 1 aromatic rings. The highest BCUT2D eigenvalue weighted by atomic mass is 16.6. The molecule has 2 fully saturated rings. The number of benzene rings is 1. The van der Waals surface area contributed by atoms with Crippen molar-refractivity contribution in [2.45, 2.75) is 32.1 Å². The molecule has 8 nitrogen and oxygen atoms in total. The summed E-state index contributed by atoms with van der Waals surface area (Å²) in [6, 6.07) is 3.86. The number of nitro groups is 1. The Morgan fingerprint density at radius 1 is 1.31 bits per heavy atom. The maximum atomic E-state index is 12.0. The van der Waals surface area contributed by atoms with Crippen LogP contribution in [0.15, 0.2) is 18.2 Å². The Labute approximate surface area is 151 Å². The van der Waals surface area contributed by atoms with Gasteiger partial charge < -0.3 is 14.8 Å². The van der Waals surface area contributed by atoms with Crippen LogP contribution in [0.1, 0.15) is 32.1 Å². The Bertz CT molecular complexity index is 720. The van der Waals surface area contributed by atoms with E-state index in [9.17, 15) is 19.7 Å². The molecule has 0 spiro atoms. The molecular weight excluding hydrogens is 340 g/mol. The number of hydrogen-bond donors (Lipinski definition) is 1. The fraction of sp³-hybridized carbons (Fsp3) is 0.556. The number of nitrogens with zero attached hydrogens (tertiary/aromatic N) is 1. The van der Waals surface area contributed by atoms with Gasteiger partial charge in [-0.25, -0.2) is 0 Å². The van der Waals surface area contributed by atoms with Gasteiger partial charge in [0.15, 0.2) is 6.61 Å². The van der Waals surface area contributed by atoms with Gasteiger partial charge in [0.25, 0.3) is 11.6 Å². The first-order valence-corrected chi connectivity index (χ1v) is 8.74. The zero-order chi connectivity index (χ0) is 18.7. The molecule has 26 heavy (non-hydrogen) atoms. The Hall–Kier alpha value is -2.64. The van der Waals surface area contributed by atoms with Gasteiger partial charge in [-0.3, -0.25) is 19.7 Å². The van der Waals surface area contributed by atoms with Crippen LogP contribution in [0.3, 0.4) is 0 Å². The molecule has 3 rings (SSSR count). The SMILES string of the molecule is COc1cc([N+](=O)[O-])ccc1NC(=O)COC(=O)CC1CC2CCC1C2. The summed E-state index contributed by atoms with van der Waals surface area (Å²) in [5.41, 5.74) is 0.143. The summed E-state index contributed by atoms with van der Waals surface area (Å²) in [5, 5.41) is 13.3. The van der Waals surface area contributed by atoms with E-state index in [2.05, 4.69) is 5.32 Å². The van der Waals surface area contributed by atoms with E-state index in [1.165, 1.54) is 44.6 Å². The third kappa shape index (κ3) is 4.12. The number of rotatable bonds is 7. The lowest BCUT2D eigenvalue weighted by atomic mass is 9.86. The van der Waals surface area contributed by atoms with Gasteiger partial charge in [0, 0.05) is 12.5 Å². The van der Waals surface area contributed by atoms with Gasteiger partial charge in [-0.1, -0.05) is 6.42 Å². The lowest BCUT2D eigenvalue weighted by Crippen LogP contribution is -2.23. The smallest absolute Gasteiger partial charge is 0.306 e. The number of methoxy groups -OCH3 is 1. The maximum Gasteiger partial charge on any atom is 0.306 e. The monoisotopic (exact) mass is 362 g/mol. The summed E-state index contributed by atoms with van der Waals surface area (Å²) < 4.78 is 10.1. The molecule has 2 saturated carbocycles. The number of nitrogens with one attached hydrogen (secondary N) is 1. The number of amides is 1. The molecule has 1 aromatic carbocycles. The second-order valence-electron chi connectivity index (χ2n) is 6.99. The van der Waals surface area contributed by atoms with Gasteiger partial charge in [0.05, 0.1) is 23.8 Å². The van der Waals surface area contributed by atoms with E-state index in [1.54, 1.807) is 0 Å². The minimum atomic E-state index is -0.550. The molecule has 3 unspecified atom stereocenters. The summed E-state index contributed by atoms with van der Waals surface area (Å²) in [7, 11) is 1.35. The summed E-state index contributed by atoms with van der Waals surface area (Å²) in [4.78, 5) is 34.2. The number of carbonyl (C=O) groups is 2. The first-order valence-electron chi connectivity index (χ1n) is 8.74. The van der Waals surface area contributed by atoms with Crippen LogP contribution >= 0.6 is 0 Å². The number of hydrogen-bond acceptors (Lipinski definition) is 6. The molecule has 140 valence electrons. The number of fused-ring (bicyclic) bond motifs is 2. The summed E-state index contributed by atoms with van der Waals surface area (Å²) >= 11 is 0. The Balaban J connectivity index is 1.48. The molecule has 3 atom stereocenters. The van der Waals surface area contributed by atoms with Crippen molar-refractivity contribution in [1.82, 2.24) is 0 Å². The number of carbonyl (C=O) groups excluding carboxylic acids is 2. The Morgan fingerprint density at radius 2 is 2.12 bits per heavy atom. The second kappa shape index (κ2) is 7.72. The standard InChI is InChI=1S/C18H22N2O6/c1-25-16-9-14(20(23)24)4-5-15(16)19-17(21)10-26-18(22)8-13-7-11-2-3-12(13)6-11/h4-5,9,11-13H,2-3,6-8,10H2,1H3,(H,19,21). The minimum Gasteiger partial charge on any atom is -0.494 e. The van der Waals surface area contributed by atoms with Gasteiger partial charge in [0.2, 0.25) is 0 Å². The molecular formula is C18H22N2O6. The zero-order valence-electron chi connectivity index (χ0n) is 14.6. The van der Waals surface area contributed by atoms with E-state index in [4.69, 9.17) is 9.47 Å². The first kappa shape index (κ1) is 18.2. The van der Waals surface area contributed by atoms with Crippen LogP contribution < -0.4 is 10.1 Å². The van der Waals surface area contributed by atoms with Gasteiger partial charge in [-0.15, -0.1) is 0 Å². The average molecular weight is 362 g/mol. The van der Waals surface area contributed by atoms with Crippen molar-refractivity contribution in [2.24, 2.45) is 17.8 Å². The van der Waals surface area contributed by atoms with Crippen LogP contribution in [-0.4, -0.2) is 30.5 Å². The summed E-state index contributed by atoms with van der Waals surface area (Å²) in [5.74, 6) is 1.08. The van der Waals surface area contributed by atoms with E-state index in [1.807, 2.05) is 0 Å². The molecule has 0 aromatic heterocycles. The van der Waals surface area contributed by atoms with Crippen LogP contribution in [0.2, 0.25) is 0 Å². The van der Waals surface area contributed by atoms with Crippen molar-refractivity contribution in [3.63, 3.8) is 0 Å². The molecule has 2 bridgehead atoms. The van der Waals surface area contributed by atoms with E-state index in [0.29, 0.717) is 18.3 Å². The number of anilines is 1.